The van der Waals surface area contributed by atoms with Gasteiger partial charge in [-0.2, -0.15) is 0 Å². The molecule has 0 radical (unpaired) electrons. The number of nitrogens with zero attached hydrogens (tertiary/aromatic N) is 4. The number of aromatic nitrogens is 1. The molecule has 2 fully saturated rings. The monoisotopic (exact) mass is 335 g/mol. The van der Waals surface area contributed by atoms with Gasteiger partial charge in [0.2, 0.25) is 0 Å². The molecule has 0 aliphatic carbocycles. The lowest BCUT2D eigenvalue weighted by atomic mass is 10.1. The Balaban J connectivity index is 1.47. The lowest BCUT2D eigenvalue weighted by Crippen LogP contribution is -2.53. The topological polar surface area (TPSA) is 66.1 Å². The molecule has 2 aliphatic heterocycles. The van der Waals surface area contributed by atoms with Crippen molar-refractivity contribution in [1.82, 2.24) is 20.3 Å². The van der Waals surface area contributed by atoms with Crippen LogP contribution in [0.1, 0.15) is 23.4 Å². The third-order valence-corrected chi connectivity index (χ3v) is 5.03. The number of aryl methyl sites for hydroxylation is 2. The predicted octanol–water partition coefficient (Wildman–Crippen LogP) is 1.02. The molecule has 1 atom stereocenters. The summed E-state index contributed by atoms with van der Waals surface area (Å²) in [6.45, 7) is 11.8. The van der Waals surface area contributed by atoms with Gasteiger partial charge in [-0.05, 0) is 26.2 Å². The molecule has 2 saturated heterocycles. The molecule has 0 saturated carbocycles. The Kier molecular flexibility index (Phi) is 5.73. The Labute approximate surface area is 144 Å². The molecule has 7 nitrogen and oxygen atoms in total. The van der Waals surface area contributed by atoms with Gasteiger partial charge in [-0.25, -0.2) is 0 Å². The van der Waals surface area contributed by atoms with Gasteiger partial charge in [-0.3, -0.25) is 9.89 Å². The summed E-state index contributed by atoms with van der Waals surface area (Å²) in [5, 5.41) is 7.45. The van der Waals surface area contributed by atoms with Crippen LogP contribution in [0.25, 0.3) is 0 Å². The van der Waals surface area contributed by atoms with E-state index in [1.54, 1.807) is 0 Å². The van der Waals surface area contributed by atoms with Crippen LogP contribution in [0.4, 0.5) is 0 Å². The zero-order valence-corrected chi connectivity index (χ0v) is 15.0. The molecule has 0 bridgehead atoms. The number of rotatable bonds is 4. The highest BCUT2D eigenvalue weighted by Crippen LogP contribution is 2.15. The minimum atomic E-state index is 0.702. The number of hydrogen-bond acceptors (Lipinski definition) is 5. The fourth-order valence-electron chi connectivity index (χ4n) is 3.49. The average molecular weight is 335 g/mol. The van der Waals surface area contributed by atoms with E-state index in [2.05, 4.69) is 25.3 Å². The maximum absolute atomic E-state index is 5.48. The average Bonchev–Trinajstić information content (AvgIpc) is 3.21. The van der Waals surface area contributed by atoms with Crippen molar-refractivity contribution in [1.29, 1.82) is 0 Å². The highest BCUT2D eigenvalue weighted by atomic mass is 16.5. The first-order chi connectivity index (χ1) is 11.7. The fraction of sp³-hybridized carbons (Fsp3) is 0.765. The maximum Gasteiger partial charge on any atom is 0.194 e. The Morgan fingerprint density at radius 2 is 2.08 bits per heavy atom. The molecule has 3 heterocycles. The van der Waals surface area contributed by atoms with Gasteiger partial charge in [0.15, 0.2) is 5.96 Å². The first-order valence-electron chi connectivity index (χ1n) is 8.85. The second kappa shape index (κ2) is 7.98. The second-order valence-corrected chi connectivity index (χ2v) is 6.72. The summed E-state index contributed by atoms with van der Waals surface area (Å²) in [6.07, 6.45) is 1.21. The van der Waals surface area contributed by atoms with Crippen molar-refractivity contribution in [2.75, 3.05) is 53.0 Å². The summed E-state index contributed by atoms with van der Waals surface area (Å²) in [7, 11) is 1.85. The van der Waals surface area contributed by atoms with Crippen LogP contribution in [0.3, 0.4) is 0 Å². The molecule has 0 aromatic carbocycles. The van der Waals surface area contributed by atoms with E-state index in [-0.39, 0.29) is 0 Å². The lowest BCUT2D eigenvalue weighted by Gasteiger charge is -2.37. The highest BCUT2D eigenvalue weighted by molar-refractivity contribution is 5.80. The lowest BCUT2D eigenvalue weighted by molar-refractivity contribution is 0.139. The van der Waals surface area contributed by atoms with Crippen LogP contribution in [-0.4, -0.2) is 73.9 Å². The van der Waals surface area contributed by atoms with Gasteiger partial charge in [0.05, 0.1) is 12.3 Å². The van der Waals surface area contributed by atoms with Gasteiger partial charge in [0.25, 0.3) is 0 Å². The van der Waals surface area contributed by atoms with E-state index in [1.807, 2.05) is 20.9 Å². The molecule has 1 unspecified atom stereocenters. The second-order valence-electron chi connectivity index (χ2n) is 6.72. The Hall–Kier alpha value is -1.60. The SMILES string of the molecule is CN=C(NCc1c(C)noc1C)N1CCN(CC2CCOC2)CC1. The minimum Gasteiger partial charge on any atom is -0.381 e. The molecular formula is C17H29N5O2. The fourth-order valence-corrected chi connectivity index (χ4v) is 3.49. The molecular weight excluding hydrogens is 306 g/mol. The summed E-state index contributed by atoms with van der Waals surface area (Å²) >= 11 is 0. The number of guanidine groups is 1. The number of ether oxygens (including phenoxy) is 1. The maximum atomic E-state index is 5.48. The van der Waals surface area contributed by atoms with E-state index in [1.165, 1.54) is 13.0 Å². The molecule has 24 heavy (non-hydrogen) atoms. The molecule has 0 amide bonds. The molecule has 134 valence electrons. The van der Waals surface area contributed by atoms with E-state index in [4.69, 9.17) is 9.26 Å². The van der Waals surface area contributed by atoms with Crippen LogP contribution in [-0.2, 0) is 11.3 Å². The summed E-state index contributed by atoms with van der Waals surface area (Å²) < 4.78 is 10.7. The van der Waals surface area contributed by atoms with E-state index in [9.17, 15) is 0 Å². The van der Waals surface area contributed by atoms with Crippen LogP contribution in [0, 0.1) is 19.8 Å². The van der Waals surface area contributed by atoms with Gasteiger partial charge < -0.3 is 19.5 Å². The molecule has 1 aromatic heterocycles. The van der Waals surface area contributed by atoms with Gasteiger partial charge in [-0.1, -0.05) is 5.16 Å². The molecule has 1 aromatic rings. The van der Waals surface area contributed by atoms with Crippen molar-refractivity contribution in [3.63, 3.8) is 0 Å². The number of hydrogen-bond donors (Lipinski definition) is 1. The molecule has 2 aliphatic rings. The first kappa shape index (κ1) is 17.2. The van der Waals surface area contributed by atoms with E-state index >= 15 is 0 Å². The minimum absolute atomic E-state index is 0.702. The number of piperazine rings is 1. The first-order valence-corrected chi connectivity index (χ1v) is 8.85. The summed E-state index contributed by atoms with van der Waals surface area (Å²) in [4.78, 5) is 9.33. The zero-order valence-electron chi connectivity index (χ0n) is 15.0. The molecule has 3 rings (SSSR count). The third kappa shape index (κ3) is 4.08. The third-order valence-electron chi connectivity index (χ3n) is 5.03. The van der Waals surface area contributed by atoms with Gasteiger partial charge in [0, 0.05) is 58.5 Å². The molecule has 1 N–H and O–H groups in total. The highest BCUT2D eigenvalue weighted by Gasteiger charge is 2.24. The van der Waals surface area contributed by atoms with Crippen molar-refractivity contribution in [2.45, 2.75) is 26.8 Å². The van der Waals surface area contributed by atoms with Crippen LogP contribution in [0.2, 0.25) is 0 Å². The van der Waals surface area contributed by atoms with Crippen LogP contribution in [0.5, 0.6) is 0 Å². The Bertz CT molecular complexity index is 538. The van der Waals surface area contributed by atoms with Crippen molar-refractivity contribution < 1.29 is 9.26 Å². The van der Waals surface area contributed by atoms with E-state index < -0.39 is 0 Å². The summed E-state index contributed by atoms with van der Waals surface area (Å²) in [5.41, 5.74) is 2.06. The van der Waals surface area contributed by atoms with Gasteiger partial charge in [0.1, 0.15) is 5.76 Å². The Morgan fingerprint density at radius 3 is 2.67 bits per heavy atom. The van der Waals surface area contributed by atoms with Gasteiger partial charge >= 0.3 is 0 Å². The molecule has 0 spiro atoms. The van der Waals surface area contributed by atoms with Crippen LogP contribution in [0.15, 0.2) is 9.52 Å². The van der Waals surface area contributed by atoms with Crippen molar-refractivity contribution in [3.05, 3.63) is 17.0 Å². The smallest absolute Gasteiger partial charge is 0.194 e. The van der Waals surface area contributed by atoms with Crippen LogP contribution >= 0.6 is 0 Å². The number of aliphatic imine (C=N–C) groups is 1. The normalized spacial score (nSPS) is 23.0. The standard InChI is InChI=1S/C17H29N5O2/c1-13-16(14(2)24-20-13)10-19-17(18-3)22-7-5-21(6-8-22)11-15-4-9-23-12-15/h15H,4-12H2,1-3H3,(H,18,19). The van der Waals surface area contributed by atoms with E-state index in [0.717, 1.165) is 62.4 Å². The summed E-state index contributed by atoms with van der Waals surface area (Å²) in [6, 6.07) is 0. The summed E-state index contributed by atoms with van der Waals surface area (Å²) in [5.74, 6) is 2.55. The van der Waals surface area contributed by atoms with Gasteiger partial charge in [-0.15, -0.1) is 0 Å². The van der Waals surface area contributed by atoms with E-state index in [0.29, 0.717) is 12.5 Å². The van der Waals surface area contributed by atoms with Crippen molar-refractivity contribution in [2.24, 2.45) is 10.9 Å². The zero-order chi connectivity index (χ0) is 16.9. The van der Waals surface area contributed by atoms with Crippen LogP contribution < -0.4 is 5.32 Å². The quantitative estimate of drug-likeness (QED) is 0.655. The Morgan fingerprint density at radius 1 is 1.29 bits per heavy atom. The van der Waals surface area contributed by atoms with Crippen molar-refractivity contribution >= 4 is 5.96 Å². The van der Waals surface area contributed by atoms with Crippen molar-refractivity contribution in [3.8, 4) is 0 Å². The predicted molar refractivity (Wildman–Crippen MR) is 93.1 cm³/mol. The largest absolute Gasteiger partial charge is 0.381 e. The number of nitrogens with one attached hydrogen (secondary N) is 1. The molecule has 7 heteroatoms.